The number of aromatic nitrogens is 2. The average Bonchev–Trinajstić information content (AvgIpc) is 2.31. The van der Waals surface area contributed by atoms with E-state index in [1.807, 2.05) is 0 Å². The van der Waals surface area contributed by atoms with Gasteiger partial charge in [0.2, 0.25) is 5.88 Å². The molecule has 5 nitrogen and oxygen atoms in total. The Hall–Kier alpha value is -1.52. The molecule has 1 aromatic rings. The third-order valence-corrected chi connectivity index (χ3v) is 1.46. The normalized spacial score (nSPS) is 9.83. The Morgan fingerprint density at radius 1 is 1.83 bits per heavy atom. The third kappa shape index (κ3) is 1.75. The number of hydrogen-bond acceptors (Lipinski definition) is 4. The molecule has 1 aromatic heterocycles. The highest BCUT2D eigenvalue weighted by Gasteiger charge is 2.08. The molecule has 1 N–H and O–H groups in total. The molecule has 0 aliphatic heterocycles. The summed E-state index contributed by atoms with van der Waals surface area (Å²) in [6.45, 7) is 0. The summed E-state index contributed by atoms with van der Waals surface area (Å²) in [5, 5.41) is 12.9. The summed E-state index contributed by atoms with van der Waals surface area (Å²) in [5.41, 5.74) is 0.502. The van der Waals surface area contributed by atoms with Gasteiger partial charge < -0.3 is 9.84 Å². The van der Waals surface area contributed by atoms with Crippen molar-refractivity contribution in [3.63, 3.8) is 0 Å². The zero-order valence-electron chi connectivity index (χ0n) is 6.94. The highest BCUT2D eigenvalue weighted by atomic mass is 16.5. The number of aryl methyl sites for hydroxylation is 1. The van der Waals surface area contributed by atoms with Crippen LogP contribution in [0.1, 0.15) is 5.69 Å². The zero-order valence-corrected chi connectivity index (χ0v) is 6.94. The molecule has 0 bridgehead atoms. The second-order valence-corrected chi connectivity index (χ2v) is 2.37. The van der Waals surface area contributed by atoms with Gasteiger partial charge in [0.15, 0.2) is 0 Å². The van der Waals surface area contributed by atoms with Crippen LogP contribution in [0, 0.1) is 0 Å². The van der Waals surface area contributed by atoms with Gasteiger partial charge in [-0.15, -0.1) is 0 Å². The number of carbonyl (C=O) groups excluding carboxylic acids is 1. The highest BCUT2D eigenvalue weighted by Crippen LogP contribution is 2.09. The van der Waals surface area contributed by atoms with Gasteiger partial charge in [-0.3, -0.25) is 4.79 Å². The van der Waals surface area contributed by atoms with Gasteiger partial charge in [-0.05, 0) is 0 Å². The molecule has 1 rings (SSSR count). The summed E-state index contributed by atoms with van der Waals surface area (Å²) in [6.07, 6.45) is 0.0882. The number of carbonyl (C=O) groups is 1. The van der Waals surface area contributed by atoms with Crippen molar-refractivity contribution in [2.24, 2.45) is 7.05 Å². The molecule has 0 fully saturated rings. The van der Waals surface area contributed by atoms with Crippen molar-refractivity contribution in [2.45, 2.75) is 6.42 Å². The lowest BCUT2D eigenvalue weighted by Gasteiger charge is -1.93. The van der Waals surface area contributed by atoms with Crippen molar-refractivity contribution in [1.29, 1.82) is 0 Å². The van der Waals surface area contributed by atoms with Crippen LogP contribution in [0.25, 0.3) is 0 Å². The lowest BCUT2D eigenvalue weighted by molar-refractivity contribution is -0.139. The first-order chi connectivity index (χ1) is 5.63. The van der Waals surface area contributed by atoms with Gasteiger partial charge in [-0.1, -0.05) is 0 Å². The van der Waals surface area contributed by atoms with Gasteiger partial charge in [0.25, 0.3) is 0 Å². The van der Waals surface area contributed by atoms with Gasteiger partial charge in [-0.2, -0.15) is 5.10 Å². The fourth-order valence-electron chi connectivity index (χ4n) is 0.822. The predicted octanol–water partition coefficient (Wildman–Crippen LogP) is -0.159. The maximum Gasteiger partial charge on any atom is 0.311 e. The van der Waals surface area contributed by atoms with Gasteiger partial charge in [0.1, 0.15) is 0 Å². The van der Waals surface area contributed by atoms with Crippen molar-refractivity contribution >= 4 is 5.97 Å². The van der Waals surface area contributed by atoms with Crippen LogP contribution in [0.3, 0.4) is 0 Å². The maximum atomic E-state index is 10.7. The minimum Gasteiger partial charge on any atom is -0.493 e. The molecule has 66 valence electrons. The number of hydrogen-bond donors (Lipinski definition) is 1. The number of nitrogens with zero attached hydrogens (tertiary/aromatic N) is 2. The Balaban J connectivity index is 2.70. The van der Waals surface area contributed by atoms with Crippen LogP contribution in [0.4, 0.5) is 0 Å². The fraction of sp³-hybridized carbons (Fsp3) is 0.429. The van der Waals surface area contributed by atoms with E-state index in [1.165, 1.54) is 17.9 Å². The number of rotatable bonds is 2. The maximum absolute atomic E-state index is 10.7. The Morgan fingerprint density at radius 2 is 2.50 bits per heavy atom. The Kier molecular flexibility index (Phi) is 2.32. The molecule has 0 saturated carbocycles. The van der Waals surface area contributed by atoms with E-state index < -0.39 is 0 Å². The Bertz CT molecular complexity index is 273. The van der Waals surface area contributed by atoms with E-state index in [0.29, 0.717) is 5.69 Å². The molecule has 1 heterocycles. The summed E-state index contributed by atoms with van der Waals surface area (Å²) in [5.74, 6) is -0.331. The molecule has 0 aliphatic carbocycles. The molecule has 0 spiro atoms. The van der Waals surface area contributed by atoms with E-state index in [2.05, 4.69) is 9.84 Å². The lowest BCUT2D eigenvalue weighted by Crippen LogP contribution is -2.05. The molecular weight excluding hydrogens is 160 g/mol. The summed E-state index contributed by atoms with van der Waals surface area (Å²) >= 11 is 0. The third-order valence-electron chi connectivity index (χ3n) is 1.46. The van der Waals surface area contributed by atoms with Gasteiger partial charge in [0.05, 0.1) is 19.2 Å². The quantitative estimate of drug-likeness (QED) is 0.626. The Labute approximate surface area is 69.6 Å². The lowest BCUT2D eigenvalue weighted by atomic mass is 10.3. The topological polar surface area (TPSA) is 64.3 Å². The first-order valence-electron chi connectivity index (χ1n) is 3.42. The van der Waals surface area contributed by atoms with E-state index in [9.17, 15) is 4.79 Å². The van der Waals surface area contributed by atoms with Crippen LogP contribution >= 0.6 is 0 Å². The van der Waals surface area contributed by atoms with Crippen LogP contribution in [0.2, 0.25) is 0 Å². The van der Waals surface area contributed by atoms with E-state index in [-0.39, 0.29) is 18.3 Å². The molecule has 5 heteroatoms. The van der Waals surface area contributed by atoms with Crippen LogP contribution < -0.4 is 0 Å². The van der Waals surface area contributed by atoms with E-state index in [1.54, 1.807) is 7.05 Å². The van der Waals surface area contributed by atoms with Crippen molar-refractivity contribution in [2.75, 3.05) is 7.11 Å². The van der Waals surface area contributed by atoms with Crippen molar-refractivity contribution in [3.05, 3.63) is 11.8 Å². The second kappa shape index (κ2) is 3.25. The SMILES string of the molecule is COC(=O)Cc1cc(O)n(C)n1. The Morgan fingerprint density at radius 3 is 2.92 bits per heavy atom. The molecule has 12 heavy (non-hydrogen) atoms. The molecular formula is C7H10N2O3. The first kappa shape index (κ1) is 8.58. The van der Waals surface area contributed by atoms with Crippen LogP contribution in [0.5, 0.6) is 5.88 Å². The number of methoxy groups -OCH3 is 1. The van der Waals surface area contributed by atoms with Crippen molar-refractivity contribution in [3.8, 4) is 5.88 Å². The standard InChI is InChI=1S/C7H10N2O3/c1-9-6(10)3-5(8-9)4-7(11)12-2/h3,10H,4H2,1-2H3. The van der Waals surface area contributed by atoms with Crippen LogP contribution in [-0.2, 0) is 23.0 Å². The monoisotopic (exact) mass is 170 g/mol. The van der Waals surface area contributed by atoms with E-state index in [4.69, 9.17) is 5.11 Å². The average molecular weight is 170 g/mol. The molecule has 0 radical (unpaired) electrons. The molecule has 0 atom stereocenters. The number of esters is 1. The molecule has 0 aliphatic rings. The smallest absolute Gasteiger partial charge is 0.311 e. The molecule has 0 aromatic carbocycles. The largest absolute Gasteiger partial charge is 0.493 e. The summed E-state index contributed by atoms with van der Waals surface area (Å²) in [7, 11) is 2.90. The zero-order chi connectivity index (χ0) is 9.14. The molecule has 0 amide bonds. The van der Waals surface area contributed by atoms with Crippen LogP contribution in [-0.4, -0.2) is 28.0 Å². The number of ether oxygens (including phenoxy) is 1. The molecule has 0 unspecified atom stereocenters. The minimum atomic E-state index is -0.367. The van der Waals surface area contributed by atoms with E-state index in [0.717, 1.165) is 0 Å². The summed E-state index contributed by atoms with van der Waals surface area (Å²) in [6, 6.07) is 1.43. The predicted molar refractivity (Wildman–Crippen MR) is 40.6 cm³/mol. The van der Waals surface area contributed by atoms with Gasteiger partial charge >= 0.3 is 5.97 Å². The van der Waals surface area contributed by atoms with Crippen LogP contribution in [0.15, 0.2) is 6.07 Å². The summed E-state index contributed by atoms with van der Waals surface area (Å²) < 4.78 is 5.72. The van der Waals surface area contributed by atoms with Crippen molar-refractivity contribution < 1.29 is 14.6 Å². The molecule has 0 saturated heterocycles. The first-order valence-corrected chi connectivity index (χ1v) is 3.42. The highest BCUT2D eigenvalue weighted by molar-refractivity contribution is 5.71. The van der Waals surface area contributed by atoms with Gasteiger partial charge in [0, 0.05) is 13.1 Å². The number of aromatic hydroxyl groups is 1. The van der Waals surface area contributed by atoms with E-state index >= 15 is 0 Å². The minimum absolute atomic E-state index is 0.0360. The van der Waals surface area contributed by atoms with Gasteiger partial charge in [-0.25, -0.2) is 4.68 Å². The second-order valence-electron chi connectivity index (χ2n) is 2.37. The summed E-state index contributed by atoms with van der Waals surface area (Å²) in [4.78, 5) is 10.7. The van der Waals surface area contributed by atoms with Crippen molar-refractivity contribution in [1.82, 2.24) is 9.78 Å². The fourth-order valence-corrected chi connectivity index (χ4v) is 0.822.